The Morgan fingerprint density at radius 1 is 1.35 bits per heavy atom. The third-order valence-corrected chi connectivity index (χ3v) is 4.63. The molecule has 6 heteroatoms. The first-order valence-corrected chi connectivity index (χ1v) is 8.14. The normalized spacial score (nSPS) is 11.3. The Kier molecular flexibility index (Phi) is 5.23. The maximum atomic E-state index is 4.21. The lowest BCUT2D eigenvalue weighted by Crippen LogP contribution is -2.22. The monoisotopic (exact) mass is 354 g/mol. The van der Waals surface area contributed by atoms with Gasteiger partial charge in [0.25, 0.3) is 0 Å². The lowest BCUT2D eigenvalue weighted by atomic mass is 10.2. The van der Waals surface area contributed by atoms with Crippen LogP contribution in [0.15, 0.2) is 32.7 Å². The minimum Gasteiger partial charge on any atom is -0.310 e. The summed E-state index contributed by atoms with van der Waals surface area (Å²) in [5, 5.41) is 12.7. The second-order valence-corrected chi connectivity index (χ2v) is 6.90. The molecule has 4 nitrogen and oxygen atoms in total. The van der Waals surface area contributed by atoms with Gasteiger partial charge in [0, 0.05) is 29.0 Å². The fourth-order valence-electron chi connectivity index (χ4n) is 1.67. The highest BCUT2D eigenvalue weighted by atomic mass is 79.9. The van der Waals surface area contributed by atoms with Gasteiger partial charge in [0.2, 0.25) is 0 Å². The van der Waals surface area contributed by atoms with Gasteiger partial charge in [0.15, 0.2) is 5.16 Å². The van der Waals surface area contributed by atoms with E-state index in [0.717, 1.165) is 22.0 Å². The van der Waals surface area contributed by atoms with Crippen LogP contribution in [0.3, 0.4) is 0 Å². The van der Waals surface area contributed by atoms with Gasteiger partial charge in [-0.05, 0) is 42.4 Å². The molecule has 0 aliphatic carbocycles. The molecule has 0 amide bonds. The highest BCUT2D eigenvalue weighted by Gasteiger charge is 2.11. The quantitative estimate of drug-likeness (QED) is 0.891. The second kappa shape index (κ2) is 6.74. The van der Waals surface area contributed by atoms with Crippen molar-refractivity contribution in [2.24, 2.45) is 7.05 Å². The first kappa shape index (κ1) is 15.5. The largest absolute Gasteiger partial charge is 0.310 e. The van der Waals surface area contributed by atoms with E-state index in [1.165, 1.54) is 10.5 Å². The summed E-state index contributed by atoms with van der Waals surface area (Å²) in [5.74, 6) is 0.923. The van der Waals surface area contributed by atoms with Crippen molar-refractivity contribution >= 4 is 27.7 Å². The van der Waals surface area contributed by atoms with Crippen molar-refractivity contribution in [3.63, 3.8) is 0 Å². The summed E-state index contributed by atoms with van der Waals surface area (Å²) < 4.78 is 3.10. The zero-order chi connectivity index (χ0) is 14.7. The molecule has 0 spiro atoms. The Morgan fingerprint density at radius 3 is 2.70 bits per heavy atom. The lowest BCUT2D eigenvalue weighted by molar-refractivity contribution is 0.584. The molecule has 1 aromatic heterocycles. The predicted molar refractivity (Wildman–Crippen MR) is 86.0 cm³/mol. The van der Waals surface area contributed by atoms with Gasteiger partial charge in [-0.15, -0.1) is 10.2 Å². The smallest absolute Gasteiger partial charge is 0.195 e. The SMILES string of the molecule is Cc1nnc(Sc2ccc(Br)cc2CNC(C)C)n1C. The molecule has 0 aliphatic rings. The minimum atomic E-state index is 0.462. The van der Waals surface area contributed by atoms with Crippen LogP contribution in [0.4, 0.5) is 0 Å². The molecule has 1 N–H and O–H groups in total. The first-order chi connectivity index (χ1) is 9.47. The van der Waals surface area contributed by atoms with Crippen LogP contribution >= 0.6 is 27.7 Å². The van der Waals surface area contributed by atoms with Crippen LogP contribution in [0.1, 0.15) is 25.2 Å². The highest BCUT2D eigenvalue weighted by Crippen LogP contribution is 2.31. The zero-order valence-corrected chi connectivity index (χ0v) is 14.5. The maximum absolute atomic E-state index is 4.21. The zero-order valence-electron chi connectivity index (χ0n) is 12.1. The number of halogens is 1. The molecule has 0 fully saturated rings. The standard InChI is InChI=1S/C14H19BrN4S/c1-9(2)16-8-11-7-12(15)5-6-13(11)20-14-18-17-10(3)19(14)4/h5-7,9,16H,8H2,1-4H3. The number of hydrogen-bond donors (Lipinski definition) is 1. The van der Waals surface area contributed by atoms with E-state index in [-0.39, 0.29) is 0 Å². The minimum absolute atomic E-state index is 0.462. The highest BCUT2D eigenvalue weighted by molar-refractivity contribution is 9.10. The summed E-state index contributed by atoms with van der Waals surface area (Å²) >= 11 is 5.19. The summed E-state index contributed by atoms with van der Waals surface area (Å²) in [6.45, 7) is 7.10. The Morgan fingerprint density at radius 2 is 2.10 bits per heavy atom. The summed E-state index contributed by atoms with van der Waals surface area (Å²) in [4.78, 5) is 1.21. The molecule has 1 heterocycles. The van der Waals surface area contributed by atoms with Crippen LogP contribution in [0, 0.1) is 6.92 Å². The molecule has 2 aromatic rings. The first-order valence-electron chi connectivity index (χ1n) is 6.53. The van der Waals surface area contributed by atoms with E-state index in [1.807, 2.05) is 18.5 Å². The van der Waals surface area contributed by atoms with Crippen LogP contribution in [-0.2, 0) is 13.6 Å². The van der Waals surface area contributed by atoms with Crippen LogP contribution < -0.4 is 5.32 Å². The number of aryl methyl sites for hydroxylation is 1. The van der Waals surface area contributed by atoms with Gasteiger partial charge >= 0.3 is 0 Å². The molecule has 0 unspecified atom stereocenters. The Labute approximate surface area is 132 Å². The number of benzene rings is 1. The average Bonchev–Trinajstić information content (AvgIpc) is 2.71. The van der Waals surface area contributed by atoms with Gasteiger partial charge in [-0.25, -0.2) is 0 Å². The van der Waals surface area contributed by atoms with Crippen molar-refractivity contribution in [1.29, 1.82) is 0 Å². The van der Waals surface area contributed by atoms with Gasteiger partial charge in [0.05, 0.1) is 0 Å². The number of rotatable bonds is 5. The number of aromatic nitrogens is 3. The summed E-state index contributed by atoms with van der Waals surface area (Å²) in [7, 11) is 1.99. The van der Waals surface area contributed by atoms with Gasteiger partial charge < -0.3 is 9.88 Å². The number of nitrogens with zero attached hydrogens (tertiary/aromatic N) is 3. The van der Waals surface area contributed by atoms with Gasteiger partial charge in [0.1, 0.15) is 5.82 Å². The molecular weight excluding hydrogens is 336 g/mol. The fourth-order valence-corrected chi connectivity index (χ4v) is 3.03. The van der Waals surface area contributed by atoms with E-state index in [2.05, 4.69) is 63.5 Å². The molecule has 0 saturated heterocycles. The van der Waals surface area contributed by atoms with E-state index >= 15 is 0 Å². The topological polar surface area (TPSA) is 42.7 Å². The van der Waals surface area contributed by atoms with E-state index in [4.69, 9.17) is 0 Å². The molecule has 0 radical (unpaired) electrons. The molecule has 0 aliphatic heterocycles. The molecule has 0 bridgehead atoms. The fraction of sp³-hybridized carbons (Fsp3) is 0.429. The van der Waals surface area contributed by atoms with E-state index in [1.54, 1.807) is 11.8 Å². The van der Waals surface area contributed by atoms with Crippen LogP contribution in [0.5, 0.6) is 0 Å². The van der Waals surface area contributed by atoms with Gasteiger partial charge in [-0.2, -0.15) is 0 Å². The molecule has 0 atom stereocenters. The van der Waals surface area contributed by atoms with Crippen molar-refractivity contribution in [1.82, 2.24) is 20.1 Å². The Balaban J connectivity index is 2.24. The number of hydrogen-bond acceptors (Lipinski definition) is 4. The molecule has 108 valence electrons. The van der Waals surface area contributed by atoms with Crippen molar-refractivity contribution in [3.05, 3.63) is 34.1 Å². The number of nitrogens with one attached hydrogen (secondary N) is 1. The van der Waals surface area contributed by atoms with Gasteiger partial charge in [-0.1, -0.05) is 29.8 Å². The van der Waals surface area contributed by atoms with Gasteiger partial charge in [-0.3, -0.25) is 0 Å². The maximum Gasteiger partial charge on any atom is 0.195 e. The van der Waals surface area contributed by atoms with E-state index in [9.17, 15) is 0 Å². The summed E-state index contributed by atoms with van der Waals surface area (Å²) in [5.41, 5.74) is 1.26. The third-order valence-electron chi connectivity index (χ3n) is 2.98. The summed E-state index contributed by atoms with van der Waals surface area (Å²) in [6.07, 6.45) is 0. The predicted octanol–water partition coefficient (Wildman–Crippen LogP) is 3.54. The molecule has 1 aromatic carbocycles. The summed E-state index contributed by atoms with van der Waals surface area (Å²) in [6, 6.07) is 6.80. The van der Waals surface area contributed by atoms with E-state index < -0.39 is 0 Å². The average molecular weight is 355 g/mol. The molecule has 2 rings (SSSR count). The third kappa shape index (κ3) is 3.84. The van der Waals surface area contributed by atoms with Crippen LogP contribution in [0.25, 0.3) is 0 Å². The molecule has 20 heavy (non-hydrogen) atoms. The van der Waals surface area contributed by atoms with E-state index in [0.29, 0.717) is 6.04 Å². The molecular formula is C14H19BrN4S. The second-order valence-electron chi connectivity index (χ2n) is 4.98. The van der Waals surface area contributed by atoms with Crippen molar-refractivity contribution < 1.29 is 0 Å². The Hall–Kier alpha value is -0.850. The van der Waals surface area contributed by atoms with Crippen molar-refractivity contribution in [2.75, 3.05) is 0 Å². The van der Waals surface area contributed by atoms with Crippen molar-refractivity contribution in [3.8, 4) is 0 Å². The Bertz CT molecular complexity index is 595. The lowest BCUT2D eigenvalue weighted by Gasteiger charge is -2.12. The van der Waals surface area contributed by atoms with Crippen molar-refractivity contribution in [2.45, 2.75) is 43.4 Å². The van der Waals surface area contributed by atoms with Crippen LogP contribution in [0.2, 0.25) is 0 Å². The molecule has 0 saturated carbocycles. The van der Waals surface area contributed by atoms with Crippen LogP contribution in [-0.4, -0.2) is 20.8 Å².